The van der Waals surface area contributed by atoms with E-state index >= 15 is 0 Å². The zero-order chi connectivity index (χ0) is 21.9. The Morgan fingerprint density at radius 2 is 1.47 bits per heavy atom. The van der Waals surface area contributed by atoms with Crippen molar-refractivity contribution < 1.29 is 9.59 Å². The monoisotopic (exact) mass is 408 g/mol. The number of amides is 2. The third-order valence-corrected chi connectivity index (χ3v) is 5.71. The van der Waals surface area contributed by atoms with E-state index in [1.165, 1.54) is 11.1 Å². The van der Waals surface area contributed by atoms with E-state index in [1.807, 2.05) is 39.0 Å². The lowest BCUT2D eigenvalue weighted by Crippen LogP contribution is -2.50. The van der Waals surface area contributed by atoms with Crippen LogP contribution in [0, 0.1) is 0 Å². The summed E-state index contributed by atoms with van der Waals surface area (Å²) in [5.41, 5.74) is 3.62. The largest absolute Gasteiger partial charge is 0.352 e. The highest BCUT2D eigenvalue weighted by atomic mass is 16.2. The van der Waals surface area contributed by atoms with Crippen LogP contribution in [-0.2, 0) is 28.9 Å². The van der Waals surface area contributed by atoms with E-state index in [1.54, 1.807) is 4.90 Å². The SMILES string of the molecule is CCc1ccc(CCC(=O)N(CCc2ccccc2)[C@H](C)C(=O)N[C@H](C)CC)cc1. The topological polar surface area (TPSA) is 49.4 Å². The molecule has 0 fully saturated rings. The highest BCUT2D eigenvalue weighted by Crippen LogP contribution is 2.12. The second kappa shape index (κ2) is 12.2. The van der Waals surface area contributed by atoms with Crippen molar-refractivity contribution in [2.24, 2.45) is 0 Å². The maximum atomic E-state index is 13.1. The smallest absolute Gasteiger partial charge is 0.242 e. The molecule has 2 aromatic rings. The summed E-state index contributed by atoms with van der Waals surface area (Å²) < 4.78 is 0. The molecule has 0 aliphatic heterocycles. The van der Waals surface area contributed by atoms with Crippen LogP contribution in [0.15, 0.2) is 54.6 Å². The number of hydrogen-bond acceptors (Lipinski definition) is 2. The predicted octanol–water partition coefficient (Wildman–Crippen LogP) is 4.56. The fourth-order valence-corrected chi connectivity index (χ4v) is 3.37. The number of rotatable bonds is 11. The van der Waals surface area contributed by atoms with Crippen molar-refractivity contribution in [3.8, 4) is 0 Å². The second-order valence-corrected chi connectivity index (χ2v) is 7.99. The fraction of sp³-hybridized carbons (Fsp3) is 0.462. The van der Waals surface area contributed by atoms with Crippen molar-refractivity contribution in [1.82, 2.24) is 10.2 Å². The molecule has 0 aliphatic rings. The molecule has 1 N–H and O–H groups in total. The van der Waals surface area contributed by atoms with Crippen molar-refractivity contribution in [1.29, 1.82) is 0 Å². The minimum atomic E-state index is -0.488. The molecule has 162 valence electrons. The zero-order valence-corrected chi connectivity index (χ0v) is 18.9. The molecule has 0 radical (unpaired) electrons. The summed E-state index contributed by atoms with van der Waals surface area (Å²) in [4.78, 5) is 27.6. The Morgan fingerprint density at radius 1 is 0.867 bits per heavy atom. The third kappa shape index (κ3) is 7.33. The van der Waals surface area contributed by atoms with E-state index in [9.17, 15) is 9.59 Å². The van der Waals surface area contributed by atoms with Crippen LogP contribution in [0.4, 0.5) is 0 Å². The number of carbonyl (C=O) groups excluding carboxylic acids is 2. The van der Waals surface area contributed by atoms with Crippen LogP contribution < -0.4 is 5.32 Å². The van der Waals surface area contributed by atoms with Gasteiger partial charge in [0.1, 0.15) is 6.04 Å². The summed E-state index contributed by atoms with van der Waals surface area (Å²) in [6.07, 6.45) is 3.70. The Bertz CT molecular complexity index is 786. The summed E-state index contributed by atoms with van der Waals surface area (Å²) >= 11 is 0. The Balaban J connectivity index is 2.05. The number of hydrogen-bond donors (Lipinski definition) is 1. The molecule has 0 bridgehead atoms. The van der Waals surface area contributed by atoms with Crippen LogP contribution in [0.25, 0.3) is 0 Å². The molecule has 2 atom stereocenters. The average Bonchev–Trinajstić information content (AvgIpc) is 2.78. The minimum absolute atomic E-state index is 0.0253. The van der Waals surface area contributed by atoms with E-state index in [-0.39, 0.29) is 17.9 Å². The first-order valence-electron chi connectivity index (χ1n) is 11.2. The standard InChI is InChI=1S/C26H36N2O2/c1-5-20(3)27-26(30)21(4)28(19-18-23-10-8-7-9-11-23)25(29)17-16-24-14-12-22(6-2)13-15-24/h7-15,20-21H,5-6,16-19H2,1-4H3,(H,27,30)/t20-,21-/m1/s1. The molecule has 0 heterocycles. The Kier molecular flexibility index (Phi) is 9.59. The van der Waals surface area contributed by atoms with Gasteiger partial charge in [-0.2, -0.15) is 0 Å². The Labute approximate surface area is 181 Å². The predicted molar refractivity (Wildman–Crippen MR) is 123 cm³/mol. The quantitative estimate of drug-likeness (QED) is 0.593. The average molecular weight is 409 g/mol. The zero-order valence-electron chi connectivity index (χ0n) is 18.9. The summed E-state index contributed by atoms with van der Waals surface area (Å²) in [6, 6.07) is 18.1. The van der Waals surface area contributed by atoms with Crippen LogP contribution in [0.5, 0.6) is 0 Å². The molecule has 0 aromatic heterocycles. The number of nitrogens with zero attached hydrogens (tertiary/aromatic N) is 1. The molecule has 30 heavy (non-hydrogen) atoms. The van der Waals surface area contributed by atoms with Crippen LogP contribution in [0.2, 0.25) is 0 Å². The number of nitrogens with one attached hydrogen (secondary N) is 1. The highest BCUT2D eigenvalue weighted by Gasteiger charge is 2.26. The van der Waals surface area contributed by atoms with Crippen LogP contribution in [0.3, 0.4) is 0 Å². The molecule has 0 aliphatic carbocycles. The van der Waals surface area contributed by atoms with Crippen molar-refractivity contribution in [3.63, 3.8) is 0 Å². The van der Waals surface area contributed by atoms with E-state index in [4.69, 9.17) is 0 Å². The highest BCUT2D eigenvalue weighted by molar-refractivity contribution is 5.87. The fourth-order valence-electron chi connectivity index (χ4n) is 3.37. The number of benzene rings is 2. The van der Waals surface area contributed by atoms with Gasteiger partial charge >= 0.3 is 0 Å². The van der Waals surface area contributed by atoms with Crippen LogP contribution in [-0.4, -0.2) is 35.3 Å². The lowest BCUT2D eigenvalue weighted by atomic mass is 10.0. The van der Waals surface area contributed by atoms with Gasteiger partial charge in [0, 0.05) is 19.0 Å². The molecule has 0 saturated heterocycles. The molecule has 4 nitrogen and oxygen atoms in total. The third-order valence-electron chi connectivity index (χ3n) is 5.71. The van der Waals surface area contributed by atoms with Gasteiger partial charge in [0.25, 0.3) is 0 Å². The lowest BCUT2D eigenvalue weighted by molar-refractivity contribution is -0.140. The van der Waals surface area contributed by atoms with Crippen molar-refractivity contribution in [2.45, 2.75) is 71.9 Å². The van der Waals surface area contributed by atoms with Gasteiger partial charge in [-0.3, -0.25) is 9.59 Å². The van der Waals surface area contributed by atoms with Crippen molar-refractivity contribution >= 4 is 11.8 Å². The van der Waals surface area contributed by atoms with Crippen LogP contribution in [0.1, 0.15) is 57.2 Å². The number of aryl methyl sites for hydroxylation is 2. The molecule has 2 rings (SSSR count). The Morgan fingerprint density at radius 3 is 2.07 bits per heavy atom. The van der Waals surface area contributed by atoms with Crippen molar-refractivity contribution in [2.75, 3.05) is 6.54 Å². The van der Waals surface area contributed by atoms with E-state index in [2.05, 4.69) is 48.6 Å². The summed E-state index contributed by atoms with van der Waals surface area (Å²) in [6.45, 7) is 8.52. The molecule has 2 amide bonds. The maximum Gasteiger partial charge on any atom is 0.242 e. The molecule has 0 spiro atoms. The first kappa shape index (κ1) is 23.7. The molecule has 2 aromatic carbocycles. The summed E-state index contributed by atoms with van der Waals surface area (Å²) in [5.74, 6) is -0.0599. The van der Waals surface area contributed by atoms with Gasteiger partial charge in [0.05, 0.1) is 0 Å². The van der Waals surface area contributed by atoms with Crippen molar-refractivity contribution in [3.05, 3.63) is 71.3 Å². The second-order valence-electron chi connectivity index (χ2n) is 7.99. The first-order chi connectivity index (χ1) is 14.4. The molecular weight excluding hydrogens is 372 g/mol. The molecule has 4 heteroatoms. The molecule has 0 saturated carbocycles. The van der Waals surface area contributed by atoms with Gasteiger partial charge in [-0.25, -0.2) is 0 Å². The van der Waals surface area contributed by atoms with Gasteiger partial charge in [-0.15, -0.1) is 0 Å². The van der Waals surface area contributed by atoms with Gasteiger partial charge in [-0.05, 0) is 56.2 Å². The maximum absolute atomic E-state index is 13.1. The molecule has 0 unspecified atom stereocenters. The van der Waals surface area contributed by atoms with Crippen LogP contribution >= 0.6 is 0 Å². The number of carbonyl (C=O) groups is 2. The minimum Gasteiger partial charge on any atom is -0.352 e. The van der Waals surface area contributed by atoms with E-state index in [0.29, 0.717) is 19.4 Å². The molecular formula is C26H36N2O2. The normalized spacial score (nSPS) is 12.8. The van der Waals surface area contributed by atoms with Gasteiger partial charge in [-0.1, -0.05) is 68.4 Å². The summed E-state index contributed by atoms with van der Waals surface area (Å²) in [5, 5.41) is 3.02. The Hall–Kier alpha value is -2.62. The first-order valence-corrected chi connectivity index (χ1v) is 11.2. The van der Waals surface area contributed by atoms with E-state index < -0.39 is 6.04 Å². The lowest BCUT2D eigenvalue weighted by Gasteiger charge is -2.29. The van der Waals surface area contributed by atoms with Gasteiger partial charge in [0.2, 0.25) is 11.8 Å². The summed E-state index contributed by atoms with van der Waals surface area (Å²) in [7, 11) is 0. The van der Waals surface area contributed by atoms with Gasteiger partial charge in [0.15, 0.2) is 0 Å². The van der Waals surface area contributed by atoms with Gasteiger partial charge < -0.3 is 10.2 Å². The van der Waals surface area contributed by atoms with E-state index in [0.717, 1.165) is 24.8 Å².